The number of halogens is 1. The molecule has 1 aromatic heterocycles. The number of benzene rings is 1. The van der Waals surface area contributed by atoms with Gasteiger partial charge in [0, 0.05) is 36.4 Å². The number of nitrogens with zero attached hydrogens (tertiary/aromatic N) is 2. The highest BCUT2D eigenvalue weighted by Gasteiger charge is 2.07. The van der Waals surface area contributed by atoms with Crippen LogP contribution in [0.15, 0.2) is 30.5 Å². The van der Waals surface area contributed by atoms with E-state index in [4.69, 9.17) is 16.3 Å². The number of rotatable bonds is 4. The molecule has 4 nitrogen and oxygen atoms in total. The first kappa shape index (κ1) is 11.8. The topological polar surface area (TPSA) is 39.1 Å². The molecular formula is C12H14ClN3O. The van der Waals surface area contributed by atoms with E-state index in [0.717, 1.165) is 17.1 Å². The number of methoxy groups -OCH3 is 1. The molecule has 1 N–H and O–H groups in total. The van der Waals surface area contributed by atoms with Crippen molar-refractivity contribution < 1.29 is 4.74 Å². The van der Waals surface area contributed by atoms with Gasteiger partial charge in [-0.1, -0.05) is 17.7 Å². The molecule has 5 heteroatoms. The fraction of sp³-hybridized carbons (Fsp3) is 0.250. The van der Waals surface area contributed by atoms with Crippen molar-refractivity contribution in [2.45, 2.75) is 6.54 Å². The Bertz CT molecular complexity index is 510. The summed E-state index contributed by atoms with van der Waals surface area (Å²) in [4.78, 5) is 0. The normalized spacial score (nSPS) is 10.3. The highest BCUT2D eigenvalue weighted by atomic mass is 35.5. The summed E-state index contributed by atoms with van der Waals surface area (Å²) in [6, 6.07) is 7.51. The Morgan fingerprint density at radius 1 is 1.41 bits per heavy atom. The van der Waals surface area contributed by atoms with Crippen LogP contribution in [0.2, 0.25) is 5.02 Å². The number of nitrogens with one attached hydrogen (secondary N) is 1. The third-order valence-electron chi connectivity index (χ3n) is 2.46. The molecule has 0 fully saturated rings. The van der Waals surface area contributed by atoms with Crippen molar-refractivity contribution in [1.82, 2.24) is 9.78 Å². The summed E-state index contributed by atoms with van der Waals surface area (Å²) in [5, 5.41) is 8.12. The Labute approximate surface area is 105 Å². The van der Waals surface area contributed by atoms with Gasteiger partial charge in [0.15, 0.2) is 0 Å². The summed E-state index contributed by atoms with van der Waals surface area (Å²) in [6.45, 7) is 0.583. The van der Waals surface area contributed by atoms with Crippen LogP contribution >= 0.6 is 11.6 Å². The van der Waals surface area contributed by atoms with Crippen LogP contribution in [-0.2, 0) is 13.6 Å². The Balaban J connectivity index is 2.13. The van der Waals surface area contributed by atoms with Crippen LogP contribution in [0.4, 0.5) is 5.82 Å². The van der Waals surface area contributed by atoms with Gasteiger partial charge in [0.05, 0.1) is 7.11 Å². The molecule has 0 amide bonds. The van der Waals surface area contributed by atoms with Gasteiger partial charge >= 0.3 is 0 Å². The first-order chi connectivity index (χ1) is 8.20. The zero-order valence-corrected chi connectivity index (χ0v) is 10.5. The van der Waals surface area contributed by atoms with Crippen molar-refractivity contribution in [3.63, 3.8) is 0 Å². The predicted octanol–water partition coefficient (Wildman–Crippen LogP) is 2.69. The fourth-order valence-corrected chi connectivity index (χ4v) is 1.82. The van der Waals surface area contributed by atoms with Crippen LogP contribution in [0, 0.1) is 0 Å². The van der Waals surface area contributed by atoms with Crippen LogP contribution in [0.1, 0.15) is 5.56 Å². The average molecular weight is 252 g/mol. The molecule has 17 heavy (non-hydrogen) atoms. The van der Waals surface area contributed by atoms with Gasteiger partial charge in [-0.3, -0.25) is 4.68 Å². The highest BCUT2D eigenvalue weighted by molar-refractivity contribution is 6.31. The van der Waals surface area contributed by atoms with E-state index in [0.29, 0.717) is 11.6 Å². The van der Waals surface area contributed by atoms with E-state index in [1.165, 1.54) is 0 Å². The Morgan fingerprint density at radius 3 is 2.88 bits per heavy atom. The third kappa shape index (κ3) is 2.71. The third-order valence-corrected chi connectivity index (χ3v) is 2.81. The lowest BCUT2D eigenvalue weighted by molar-refractivity contribution is 0.410. The second-order valence-corrected chi connectivity index (χ2v) is 4.06. The van der Waals surface area contributed by atoms with Crippen molar-refractivity contribution in [2.75, 3.05) is 12.4 Å². The number of hydrogen-bond acceptors (Lipinski definition) is 3. The van der Waals surface area contributed by atoms with E-state index in [1.54, 1.807) is 11.8 Å². The van der Waals surface area contributed by atoms with Crippen molar-refractivity contribution in [2.24, 2.45) is 7.05 Å². The molecule has 2 rings (SSSR count). The first-order valence-electron chi connectivity index (χ1n) is 5.25. The summed E-state index contributed by atoms with van der Waals surface area (Å²) < 4.78 is 7.01. The molecule has 0 bridgehead atoms. The van der Waals surface area contributed by atoms with Crippen LogP contribution < -0.4 is 10.1 Å². The number of ether oxygens (including phenoxy) is 1. The van der Waals surface area contributed by atoms with E-state index in [2.05, 4.69) is 10.4 Å². The quantitative estimate of drug-likeness (QED) is 0.908. The average Bonchev–Trinajstić information content (AvgIpc) is 2.73. The molecule has 0 aliphatic carbocycles. The minimum atomic E-state index is 0.583. The summed E-state index contributed by atoms with van der Waals surface area (Å²) in [5.41, 5.74) is 0.933. The number of aryl methyl sites for hydroxylation is 1. The van der Waals surface area contributed by atoms with Gasteiger partial charge in [-0.05, 0) is 12.1 Å². The summed E-state index contributed by atoms with van der Waals surface area (Å²) in [6.07, 6.45) is 1.88. The van der Waals surface area contributed by atoms with E-state index in [1.807, 2.05) is 37.5 Å². The lowest BCUT2D eigenvalue weighted by Crippen LogP contribution is -2.03. The van der Waals surface area contributed by atoms with Crippen LogP contribution in [0.5, 0.6) is 5.75 Å². The second kappa shape index (κ2) is 5.10. The second-order valence-electron chi connectivity index (χ2n) is 3.65. The molecule has 90 valence electrons. The molecule has 0 saturated carbocycles. The van der Waals surface area contributed by atoms with Gasteiger partial charge in [-0.2, -0.15) is 5.10 Å². The maximum atomic E-state index is 6.13. The fourth-order valence-electron chi connectivity index (χ4n) is 1.59. The molecule has 0 aliphatic heterocycles. The monoisotopic (exact) mass is 251 g/mol. The zero-order valence-electron chi connectivity index (χ0n) is 9.77. The number of aromatic nitrogens is 2. The minimum absolute atomic E-state index is 0.583. The maximum Gasteiger partial charge on any atom is 0.148 e. The van der Waals surface area contributed by atoms with Crippen LogP contribution in [0.25, 0.3) is 0 Å². The largest absolute Gasteiger partial charge is 0.496 e. The standard InChI is InChI=1S/C12H14ClN3O/c1-16-7-6-12(15-16)14-8-9-10(13)4-3-5-11(9)17-2/h3-7H,8H2,1-2H3,(H,14,15). The van der Waals surface area contributed by atoms with Gasteiger partial charge in [0.1, 0.15) is 11.6 Å². The van der Waals surface area contributed by atoms with E-state index in [9.17, 15) is 0 Å². The summed E-state index contributed by atoms with van der Waals surface area (Å²) in [7, 11) is 3.51. The Hall–Kier alpha value is -1.68. The summed E-state index contributed by atoms with van der Waals surface area (Å²) in [5.74, 6) is 1.59. The number of hydrogen-bond donors (Lipinski definition) is 1. The van der Waals surface area contributed by atoms with Gasteiger partial charge in [0.2, 0.25) is 0 Å². The molecule has 0 atom stereocenters. The minimum Gasteiger partial charge on any atom is -0.496 e. The molecule has 2 aromatic rings. The molecule has 0 saturated heterocycles. The molecule has 0 unspecified atom stereocenters. The predicted molar refractivity (Wildman–Crippen MR) is 68.5 cm³/mol. The van der Waals surface area contributed by atoms with Crippen molar-refractivity contribution in [3.8, 4) is 5.75 Å². The molecule has 0 aliphatic rings. The maximum absolute atomic E-state index is 6.13. The number of anilines is 1. The first-order valence-corrected chi connectivity index (χ1v) is 5.63. The van der Waals surface area contributed by atoms with E-state index < -0.39 is 0 Å². The molecule has 1 aromatic carbocycles. The van der Waals surface area contributed by atoms with Crippen molar-refractivity contribution in [1.29, 1.82) is 0 Å². The molecular weight excluding hydrogens is 238 g/mol. The van der Waals surface area contributed by atoms with Gasteiger partial charge in [0.25, 0.3) is 0 Å². The smallest absolute Gasteiger partial charge is 0.148 e. The zero-order chi connectivity index (χ0) is 12.3. The van der Waals surface area contributed by atoms with Crippen molar-refractivity contribution >= 4 is 17.4 Å². The molecule has 0 radical (unpaired) electrons. The SMILES string of the molecule is COc1cccc(Cl)c1CNc1ccn(C)n1. The Kier molecular flexibility index (Phi) is 3.54. The molecule has 1 heterocycles. The van der Waals surface area contributed by atoms with Gasteiger partial charge in [-0.15, -0.1) is 0 Å². The Morgan fingerprint density at radius 2 is 2.24 bits per heavy atom. The van der Waals surface area contributed by atoms with E-state index >= 15 is 0 Å². The van der Waals surface area contributed by atoms with Crippen molar-refractivity contribution in [3.05, 3.63) is 41.0 Å². The van der Waals surface area contributed by atoms with Crippen LogP contribution in [0.3, 0.4) is 0 Å². The molecule has 0 spiro atoms. The van der Waals surface area contributed by atoms with E-state index in [-0.39, 0.29) is 0 Å². The highest BCUT2D eigenvalue weighted by Crippen LogP contribution is 2.26. The lowest BCUT2D eigenvalue weighted by Gasteiger charge is -2.10. The van der Waals surface area contributed by atoms with Gasteiger partial charge in [-0.25, -0.2) is 0 Å². The summed E-state index contributed by atoms with van der Waals surface area (Å²) >= 11 is 6.13. The van der Waals surface area contributed by atoms with Crippen LogP contribution in [-0.4, -0.2) is 16.9 Å². The lowest BCUT2D eigenvalue weighted by atomic mass is 10.2. The van der Waals surface area contributed by atoms with Gasteiger partial charge < -0.3 is 10.1 Å².